The second-order valence-corrected chi connectivity index (χ2v) is 4.44. The number of urea groups is 1. The summed E-state index contributed by atoms with van der Waals surface area (Å²) in [5.41, 5.74) is 0.798. The summed E-state index contributed by atoms with van der Waals surface area (Å²) in [5, 5.41) is 11.5. The molecule has 1 aromatic carbocycles. The molecule has 0 radical (unpaired) electrons. The van der Waals surface area contributed by atoms with Crippen LogP contribution in [-0.2, 0) is 0 Å². The highest BCUT2D eigenvalue weighted by atomic mass is 16.4. The third kappa shape index (κ3) is 4.99. The number of unbranched alkanes of at least 4 members (excludes halogenated alkanes) is 2. The van der Waals surface area contributed by atoms with Gasteiger partial charge in [0, 0.05) is 19.3 Å². The fourth-order valence-corrected chi connectivity index (χ4v) is 1.62. The second kappa shape index (κ2) is 7.41. The molecule has 5 heteroatoms. The standard InChI is InChI=1S/C14H20N2O3/c1-3-4-5-10-16(2)14(19)15-12-8-6-11(7-9-12)13(17)18/h6-9H,3-5,10H2,1-2H3,(H,15,19)(H,17,18). The van der Waals surface area contributed by atoms with Crippen molar-refractivity contribution < 1.29 is 14.7 Å². The number of hydrogen-bond donors (Lipinski definition) is 2. The predicted molar refractivity (Wildman–Crippen MR) is 74.6 cm³/mol. The molecule has 0 aliphatic heterocycles. The molecule has 19 heavy (non-hydrogen) atoms. The number of aromatic carboxylic acids is 1. The van der Waals surface area contributed by atoms with Gasteiger partial charge in [-0.05, 0) is 30.7 Å². The van der Waals surface area contributed by atoms with E-state index < -0.39 is 5.97 Å². The van der Waals surface area contributed by atoms with Crippen LogP contribution in [0.5, 0.6) is 0 Å². The van der Waals surface area contributed by atoms with Crippen molar-refractivity contribution in [1.82, 2.24) is 4.90 Å². The molecule has 104 valence electrons. The van der Waals surface area contributed by atoms with Gasteiger partial charge < -0.3 is 15.3 Å². The number of nitrogens with one attached hydrogen (secondary N) is 1. The molecule has 0 bridgehead atoms. The van der Waals surface area contributed by atoms with E-state index in [1.54, 1.807) is 24.1 Å². The van der Waals surface area contributed by atoms with Crippen molar-refractivity contribution >= 4 is 17.7 Å². The fourth-order valence-electron chi connectivity index (χ4n) is 1.62. The van der Waals surface area contributed by atoms with Gasteiger partial charge in [0.05, 0.1) is 5.56 Å². The van der Waals surface area contributed by atoms with Crippen molar-refractivity contribution in [3.05, 3.63) is 29.8 Å². The lowest BCUT2D eigenvalue weighted by atomic mass is 10.2. The molecule has 1 rings (SSSR count). The van der Waals surface area contributed by atoms with Crippen LogP contribution in [0.1, 0.15) is 36.5 Å². The highest BCUT2D eigenvalue weighted by Crippen LogP contribution is 2.10. The van der Waals surface area contributed by atoms with Gasteiger partial charge in [0.1, 0.15) is 0 Å². The largest absolute Gasteiger partial charge is 0.478 e. The Balaban J connectivity index is 2.49. The lowest BCUT2D eigenvalue weighted by Crippen LogP contribution is -2.32. The molecule has 1 aromatic rings. The molecule has 2 N–H and O–H groups in total. The van der Waals surface area contributed by atoms with E-state index in [0.29, 0.717) is 12.2 Å². The Morgan fingerprint density at radius 3 is 2.37 bits per heavy atom. The van der Waals surface area contributed by atoms with Crippen LogP contribution in [0, 0.1) is 0 Å². The topological polar surface area (TPSA) is 69.6 Å². The number of hydrogen-bond acceptors (Lipinski definition) is 2. The molecule has 0 atom stereocenters. The summed E-state index contributed by atoms with van der Waals surface area (Å²) in [6.07, 6.45) is 3.20. The molecule has 0 spiro atoms. The number of carboxylic acids is 1. The summed E-state index contributed by atoms with van der Waals surface area (Å²) in [7, 11) is 1.75. The maximum absolute atomic E-state index is 11.8. The van der Waals surface area contributed by atoms with Crippen LogP contribution in [0.2, 0.25) is 0 Å². The van der Waals surface area contributed by atoms with Gasteiger partial charge in [0.25, 0.3) is 0 Å². The predicted octanol–water partition coefficient (Wildman–Crippen LogP) is 3.04. The van der Waals surface area contributed by atoms with Crippen LogP contribution in [-0.4, -0.2) is 35.6 Å². The zero-order chi connectivity index (χ0) is 14.3. The van der Waals surface area contributed by atoms with E-state index in [1.165, 1.54) is 12.1 Å². The van der Waals surface area contributed by atoms with E-state index in [4.69, 9.17) is 5.11 Å². The molecule has 0 aromatic heterocycles. The van der Waals surface area contributed by atoms with Gasteiger partial charge in [0.15, 0.2) is 0 Å². The molecule has 0 unspecified atom stereocenters. The van der Waals surface area contributed by atoms with E-state index in [0.717, 1.165) is 19.3 Å². The third-order valence-electron chi connectivity index (χ3n) is 2.83. The Morgan fingerprint density at radius 1 is 1.21 bits per heavy atom. The van der Waals surface area contributed by atoms with Crippen molar-refractivity contribution in [2.45, 2.75) is 26.2 Å². The van der Waals surface area contributed by atoms with Crippen molar-refractivity contribution in [2.24, 2.45) is 0 Å². The minimum absolute atomic E-state index is 0.181. The molecule has 0 fully saturated rings. The number of benzene rings is 1. The van der Waals surface area contributed by atoms with Gasteiger partial charge in [0.2, 0.25) is 0 Å². The molecule has 0 saturated carbocycles. The van der Waals surface area contributed by atoms with Crippen LogP contribution in [0.3, 0.4) is 0 Å². The Labute approximate surface area is 113 Å². The van der Waals surface area contributed by atoms with Crippen LogP contribution < -0.4 is 5.32 Å². The van der Waals surface area contributed by atoms with Crippen LogP contribution in [0.15, 0.2) is 24.3 Å². The first-order valence-corrected chi connectivity index (χ1v) is 6.40. The van der Waals surface area contributed by atoms with Gasteiger partial charge in [-0.15, -0.1) is 0 Å². The first-order valence-electron chi connectivity index (χ1n) is 6.40. The summed E-state index contributed by atoms with van der Waals surface area (Å²) in [4.78, 5) is 24.1. The zero-order valence-corrected chi connectivity index (χ0v) is 11.3. The molecule has 0 aliphatic rings. The Bertz CT molecular complexity index is 429. The average molecular weight is 264 g/mol. The van der Waals surface area contributed by atoms with E-state index >= 15 is 0 Å². The minimum atomic E-state index is -0.977. The van der Waals surface area contributed by atoms with Crippen molar-refractivity contribution in [1.29, 1.82) is 0 Å². The third-order valence-corrected chi connectivity index (χ3v) is 2.83. The maximum atomic E-state index is 11.8. The number of anilines is 1. The van der Waals surface area contributed by atoms with Gasteiger partial charge in [-0.1, -0.05) is 19.8 Å². The zero-order valence-electron chi connectivity index (χ0n) is 11.3. The van der Waals surface area contributed by atoms with E-state index in [-0.39, 0.29) is 11.6 Å². The molecule has 2 amide bonds. The summed E-state index contributed by atoms with van der Waals surface area (Å²) in [5.74, 6) is -0.977. The lowest BCUT2D eigenvalue weighted by molar-refractivity contribution is 0.0697. The summed E-state index contributed by atoms with van der Waals surface area (Å²) in [6.45, 7) is 2.83. The average Bonchev–Trinajstić information content (AvgIpc) is 2.39. The highest BCUT2D eigenvalue weighted by molar-refractivity contribution is 5.91. The Morgan fingerprint density at radius 2 is 1.84 bits per heavy atom. The molecule has 0 heterocycles. The maximum Gasteiger partial charge on any atom is 0.335 e. The SMILES string of the molecule is CCCCCN(C)C(=O)Nc1ccc(C(=O)O)cc1. The minimum Gasteiger partial charge on any atom is -0.478 e. The number of carbonyl (C=O) groups excluding carboxylic acids is 1. The first kappa shape index (κ1) is 15.0. The lowest BCUT2D eigenvalue weighted by Gasteiger charge is -2.17. The Hall–Kier alpha value is -2.04. The monoisotopic (exact) mass is 264 g/mol. The van der Waals surface area contributed by atoms with Crippen LogP contribution in [0.4, 0.5) is 10.5 Å². The smallest absolute Gasteiger partial charge is 0.335 e. The summed E-state index contributed by atoms with van der Waals surface area (Å²) < 4.78 is 0. The van der Waals surface area contributed by atoms with Crippen molar-refractivity contribution in [2.75, 3.05) is 18.9 Å². The Kier molecular flexibility index (Phi) is 5.85. The molecule has 5 nitrogen and oxygen atoms in total. The summed E-state index contributed by atoms with van der Waals surface area (Å²) >= 11 is 0. The van der Waals surface area contributed by atoms with Gasteiger partial charge in [-0.3, -0.25) is 0 Å². The van der Waals surface area contributed by atoms with Gasteiger partial charge >= 0.3 is 12.0 Å². The number of rotatable bonds is 6. The fraction of sp³-hybridized carbons (Fsp3) is 0.429. The van der Waals surface area contributed by atoms with Crippen molar-refractivity contribution in [3.63, 3.8) is 0 Å². The van der Waals surface area contributed by atoms with Crippen LogP contribution in [0.25, 0.3) is 0 Å². The molecule has 0 aliphatic carbocycles. The normalized spacial score (nSPS) is 10.0. The molecular formula is C14H20N2O3. The number of nitrogens with zero attached hydrogens (tertiary/aromatic N) is 1. The number of carboxylic acid groups (broad SMARTS) is 1. The van der Waals surface area contributed by atoms with Crippen molar-refractivity contribution in [3.8, 4) is 0 Å². The first-order chi connectivity index (χ1) is 9.04. The van der Waals surface area contributed by atoms with Gasteiger partial charge in [-0.2, -0.15) is 0 Å². The quantitative estimate of drug-likeness (QED) is 0.776. The van der Waals surface area contributed by atoms with Crippen LogP contribution >= 0.6 is 0 Å². The second-order valence-electron chi connectivity index (χ2n) is 4.44. The number of amides is 2. The highest BCUT2D eigenvalue weighted by Gasteiger charge is 2.08. The summed E-state index contributed by atoms with van der Waals surface area (Å²) in [6, 6.07) is 5.92. The molecular weight excluding hydrogens is 244 g/mol. The van der Waals surface area contributed by atoms with E-state index in [2.05, 4.69) is 12.2 Å². The number of carbonyl (C=O) groups is 2. The molecule has 0 saturated heterocycles. The van der Waals surface area contributed by atoms with E-state index in [1.807, 2.05) is 0 Å². The van der Waals surface area contributed by atoms with E-state index in [9.17, 15) is 9.59 Å². The van der Waals surface area contributed by atoms with Gasteiger partial charge in [-0.25, -0.2) is 9.59 Å².